The Morgan fingerprint density at radius 3 is 2.35 bits per heavy atom. The summed E-state index contributed by atoms with van der Waals surface area (Å²) in [5, 5.41) is 0. The van der Waals surface area contributed by atoms with Crippen LogP contribution in [0.2, 0.25) is 0 Å². The van der Waals surface area contributed by atoms with E-state index in [1.807, 2.05) is 24.3 Å². The average Bonchev–Trinajstić information content (AvgIpc) is 2.39. The lowest BCUT2D eigenvalue weighted by Crippen LogP contribution is -2.11. The van der Waals surface area contributed by atoms with Crippen LogP contribution in [0.5, 0.6) is 0 Å². The highest BCUT2D eigenvalue weighted by atomic mass is 16.1. The molecule has 0 amide bonds. The van der Waals surface area contributed by atoms with Gasteiger partial charge < -0.3 is 4.98 Å². The number of aryl methyl sites for hydroxylation is 1. The number of hydrogen-bond donors (Lipinski definition) is 1. The van der Waals surface area contributed by atoms with Crippen LogP contribution in [-0.4, -0.2) is 11.3 Å². The van der Waals surface area contributed by atoms with Crippen molar-refractivity contribution in [3.63, 3.8) is 0 Å². The molecule has 0 saturated carbocycles. The highest BCUT2D eigenvalue weighted by Gasteiger charge is 2.02. The van der Waals surface area contributed by atoms with Crippen molar-refractivity contribution >= 4 is 6.29 Å². The average molecular weight is 227 g/mol. The van der Waals surface area contributed by atoms with Crippen LogP contribution >= 0.6 is 0 Å². The molecule has 1 aromatic heterocycles. The lowest BCUT2D eigenvalue weighted by molar-refractivity contribution is 0.112. The maximum atomic E-state index is 11.5. The molecule has 1 N–H and O–H groups in total. The minimum atomic E-state index is -0.350. The molecule has 0 aliphatic heterocycles. The fourth-order valence-electron chi connectivity index (χ4n) is 1.67. The number of aromatic nitrogens is 1. The predicted molar refractivity (Wildman–Crippen MR) is 67.3 cm³/mol. The van der Waals surface area contributed by atoms with Gasteiger partial charge in [-0.2, -0.15) is 0 Å². The van der Waals surface area contributed by atoms with E-state index in [1.54, 1.807) is 6.07 Å². The summed E-state index contributed by atoms with van der Waals surface area (Å²) in [6.45, 7) is 2.09. The second kappa shape index (κ2) is 4.78. The Morgan fingerprint density at radius 2 is 1.82 bits per heavy atom. The number of carbonyl (C=O) groups excluding carboxylic acids is 1. The number of carbonyl (C=O) groups is 1. The van der Waals surface area contributed by atoms with E-state index < -0.39 is 0 Å². The van der Waals surface area contributed by atoms with E-state index in [-0.39, 0.29) is 11.1 Å². The summed E-state index contributed by atoms with van der Waals surface area (Å²) < 4.78 is 0. The zero-order valence-electron chi connectivity index (χ0n) is 9.57. The Balaban J connectivity index is 2.42. The number of hydrogen-bond acceptors (Lipinski definition) is 2. The molecule has 0 bridgehead atoms. The van der Waals surface area contributed by atoms with Crippen LogP contribution in [-0.2, 0) is 6.42 Å². The first-order valence-electron chi connectivity index (χ1n) is 5.52. The zero-order chi connectivity index (χ0) is 12.3. The van der Waals surface area contributed by atoms with Gasteiger partial charge >= 0.3 is 0 Å². The summed E-state index contributed by atoms with van der Waals surface area (Å²) >= 11 is 0. The van der Waals surface area contributed by atoms with E-state index >= 15 is 0 Å². The van der Waals surface area contributed by atoms with Gasteiger partial charge in [0.25, 0.3) is 5.56 Å². The third-order valence-corrected chi connectivity index (χ3v) is 2.74. The fourth-order valence-corrected chi connectivity index (χ4v) is 1.67. The summed E-state index contributed by atoms with van der Waals surface area (Å²) in [7, 11) is 0. The minimum absolute atomic E-state index is 0.152. The van der Waals surface area contributed by atoms with Crippen molar-refractivity contribution in [3.05, 3.63) is 57.9 Å². The van der Waals surface area contributed by atoms with Gasteiger partial charge in [0.15, 0.2) is 6.29 Å². The molecule has 0 aliphatic rings. The number of pyridine rings is 1. The highest BCUT2D eigenvalue weighted by Crippen LogP contribution is 2.16. The molecule has 17 heavy (non-hydrogen) atoms. The minimum Gasteiger partial charge on any atom is -0.321 e. The van der Waals surface area contributed by atoms with Crippen LogP contribution in [0.15, 0.2) is 41.2 Å². The van der Waals surface area contributed by atoms with Crippen LogP contribution < -0.4 is 5.56 Å². The van der Waals surface area contributed by atoms with Crippen LogP contribution in [0.1, 0.15) is 22.8 Å². The maximum Gasteiger partial charge on any atom is 0.258 e. The Hall–Kier alpha value is -2.16. The fraction of sp³-hybridized carbons (Fsp3) is 0.143. The van der Waals surface area contributed by atoms with Crippen LogP contribution in [0, 0.1) is 0 Å². The molecule has 0 aliphatic carbocycles. The largest absolute Gasteiger partial charge is 0.321 e. The van der Waals surface area contributed by atoms with Crippen LogP contribution in [0.3, 0.4) is 0 Å². The van der Waals surface area contributed by atoms with Crippen LogP contribution in [0.25, 0.3) is 11.3 Å². The van der Waals surface area contributed by atoms with E-state index in [0.29, 0.717) is 6.29 Å². The molecule has 2 rings (SSSR count). The van der Waals surface area contributed by atoms with E-state index in [2.05, 4.69) is 11.9 Å². The van der Waals surface area contributed by atoms with Gasteiger partial charge in [-0.1, -0.05) is 31.2 Å². The molecule has 3 heteroatoms. The Bertz CT molecular complexity index is 582. The zero-order valence-corrected chi connectivity index (χ0v) is 9.57. The number of rotatable bonds is 3. The first kappa shape index (κ1) is 11.3. The quantitative estimate of drug-likeness (QED) is 0.818. The van der Waals surface area contributed by atoms with Gasteiger partial charge in [0, 0.05) is 5.69 Å². The van der Waals surface area contributed by atoms with E-state index in [1.165, 1.54) is 11.6 Å². The molecular weight excluding hydrogens is 214 g/mol. The standard InChI is InChI=1S/C14H13NO2/c1-2-10-3-5-11(6-4-10)13-8-7-12(9-16)14(17)15-13/h3-9H,2H2,1H3,(H,15,17). The van der Waals surface area contributed by atoms with E-state index in [0.717, 1.165) is 17.7 Å². The summed E-state index contributed by atoms with van der Waals surface area (Å²) in [5.74, 6) is 0. The molecule has 0 fully saturated rings. The summed E-state index contributed by atoms with van der Waals surface area (Å²) in [6.07, 6.45) is 1.55. The predicted octanol–water partition coefficient (Wildman–Crippen LogP) is 2.42. The summed E-state index contributed by atoms with van der Waals surface area (Å²) in [6, 6.07) is 11.3. The van der Waals surface area contributed by atoms with Crippen molar-refractivity contribution in [2.24, 2.45) is 0 Å². The first-order chi connectivity index (χ1) is 8.24. The SMILES string of the molecule is CCc1ccc(-c2ccc(C=O)c(=O)[nH]2)cc1. The smallest absolute Gasteiger partial charge is 0.258 e. The van der Waals surface area contributed by atoms with E-state index in [4.69, 9.17) is 0 Å². The van der Waals surface area contributed by atoms with Gasteiger partial charge in [0.05, 0.1) is 5.56 Å². The van der Waals surface area contributed by atoms with Crippen molar-refractivity contribution < 1.29 is 4.79 Å². The van der Waals surface area contributed by atoms with Gasteiger partial charge in [-0.15, -0.1) is 0 Å². The van der Waals surface area contributed by atoms with Gasteiger partial charge in [-0.05, 0) is 29.7 Å². The molecular formula is C14H13NO2. The van der Waals surface area contributed by atoms with Gasteiger partial charge in [-0.3, -0.25) is 9.59 Å². The lowest BCUT2D eigenvalue weighted by atomic mass is 10.1. The Kier molecular flexibility index (Phi) is 3.19. The highest BCUT2D eigenvalue weighted by molar-refractivity contribution is 5.75. The second-order valence-electron chi connectivity index (χ2n) is 3.82. The second-order valence-corrected chi connectivity index (χ2v) is 3.82. The molecule has 0 atom stereocenters. The summed E-state index contributed by atoms with van der Waals surface area (Å²) in [5.41, 5.74) is 2.72. The lowest BCUT2D eigenvalue weighted by Gasteiger charge is -2.03. The Morgan fingerprint density at radius 1 is 1.12 bits per heavy atom. The Labute approximate surface area is 99.1 Å². The number of nitrogens with one attached hydrogen (secondary N) is 1. The van der Waals surface area contributed by atoms with Gasteiger partial charge in [0.2, 0.25) is 0 Å². The molecule has 0 radical (unpaired) electrons. The normalized spacial score (nSPS) is 10.2. The molecule has 2 aromatic rings. The molecule has 0 unspecified atom stereocenters. The third-order valence-electron chi connectivity index (χ3n) is 2.74. The van der Waals surface area contributed by atoms with Crippen molar-refractivity contribution in [2.45, 2.75) is 13.3 Å². The van der Waals surface area contributed by atoms with Crippen molar-refractivity contribution in [3.8, 4) is 11.3 Å². The van der Waals surface area contributed by atoms with Gasteiger partial charge in [-0.25, -0.2) is 0 Å². The van der Waals surface area contributed by atoms with Crippen molar-refractivity contribution in [2.75, 3.05) is 0 Å². The molecule has 86 valence electrons. The van der Waals surface area contributed by atoms with Crippen molar-refractivity contribution in [1.82, 2.24) is 4.98 Å². The van der Waals surface area contributed by atoms with Crippen LogP contribution in [0.4, 0.5) is 0 Å². The van der Waals surface area contributed by atoms with E-state index in [9.17, 15) is 9.59 Å². The molecule has 0 spiro atoms. The molecule has 3 nitrogen and oxygen atoms in total. The topological polar surface area (TPSA) is 49.9 Å². The first-order valence-corrected chi connectivity index (χ1v) is 5.52. The monoisotopic (exact) mass is 227 g/mol. The van der Waals surface area contributed by atoms with Gasteiger partial charge in [0.1, 0.15) is 0 Å². The van der Waals surface area contributed by atoms with Crippen molar-refractivity contribution in [1.29, 1.82) is 0 Å². The third kappa shape index (κ3) is 2.33. The molecule has 0 saturated heterocycles. The summed E-state index contributed by atoms with van der Waals surface area (Å²) in [4.78, 5) is 24.7. The number of H-pyrrole nitrogens is 1. The maximum absolute atomic E-state index is 11.5. The number of aldehydes is 1. The number of benzene rings is 1. The molecule has 1 heterocycles. The number of aromatic amines is 1. The molecule has 1 aromatic carbocycles.